The van der Waals surface area contributed by atoms with Crippen LogP contribution in [0.5, 0.6) is 0 Å². The molecule has 6 heteroatoms. The fourth-order valence-corrected chi connectivity index (χ4v) is 3.76. The van der Waals surface area contributed by atoms with Gasteiger partial charge in [0.15, 0.2) is 5.82 Å². The summed E-state index contributed by atoms with van der Waals surface area (Å²) in [4.78, 5) is 26.0. The van der Waals surface area contributed by atoms with Gasteiger partial charge in [-0.25, -0.2) is 9.97 Å². The number of rotatable bonds is 4. The Bertz CT molecular complexity index is 951. The highest BCUT2D eigenvalue weighted by atomic mass is 16.1. The highest BCUT2D eigenvalue weighted by Gasteiger charge is 2.29. The molecule has 138 valence electrons. The van der Waals surface area contributed by atoms with Gasteiger partial charge in [0.05, 0.1) is 16.7 Å². The Labute approximate surface area is 158 Å². The van der Waals surface area contributed by atoms with E-state index in [4.69, 9.17) is 10.7 Å². The molecule has 6 nitrogen and oxygen atoms in total. The van der Waals surface area contributed by atoms with E-state index in [1.165, 1.54) is 0 Å². The molecule has 0 spiro atoms. The third-order valence-electron chi connectivity index (χ3n) is 5.08. The van der Waals surface area contributed by atoms with Crippen LogP contribution < -0.4 is 10.6 Å². The van der Waals surface area contributed by atoms with Crippen molar-refractivity contribution in [1.29, 1.82) is 0 Å². The molecular weight excluding hydrogens is 338 g/mol. The van der Waals surface area contributed by atoms with Crippen molar-refractivity contribution >= 4 is 22.8 Å². The van der Waals surface area contributed by atoms with E-state index in [9.17, 15) is 4.79 Å². The molecule has 1 atom stereocenters. The maximum Gasteiger partial charge on any atom is 0.239 e. The van der Waals surface area contributed by atoms with Gasteiger partial charge in [-0.05, 0) is 24.6 Å². The van der Waals surface area contributed by atoms with Crippen LogP contribution in [0.3, 0.4) is 0 Å². The lowest BCUT2D eigenvalue weighted by atomic mass is 10.0. The van der Waals surface area contributed by atoms with Gasteiger partial charge in [-0.15, -0.1) is 0 Å². The second-order valence-corrected chi connectivity index (χ2v) is 6.86. The van der Waals surface area contributed by atoms with E-state index in [2.05, 4.69) is 14.8 Å². The van der Waals surface area contributed by atoms with E-state index < -0.39 is 6.04 Å². The zero-order valence-electron chi connectivity index (χ0n) is 15.4. The number of piperazine rings is 1. The van der Waals surface area contributed by atoms with E-state index in [0.717, 1.165) is 54.3 Å². The van der Waals surface area contributed by atoms with Crippen molar-refractivity contribution in [3.63, 3.8) is 0 Å². The molecule has 4 rings (SSSR count). The van der Waals surface area contributed by atoms with E-state index in [1.807, 2.05) is 61.5 Å². The Morgan fingerprint density at radius 2 is 1.52 bits per heavy atom. The predicted molar refractivity (Wildman–Crippen MR) is 106 cm³/mol. The molecule has 0 aliphatic carbocycles. The molecule has 1 aliphatic heterocycles. The summed E-state index contributed by atoms with van der Waals surface area (Å²) in [6.45, 7) is 5.05. The number of nitrogens with zero attached hydrogens (tertiary/aromatic N) is 4. The minimum absolute atomic E-state index is 0.309. The summed E-state index contributed by atoms with van der Waals surface area (Å²) in [5.74, 6) is 0.611. The highest BCUT2D eigenvalue weighted by molar-refractivity contribution is 5.81. The third kappa shape index (κ3) is 3.48. The van der Waals surface area contributed by atoms with Gasteiger partial charge in [-0.3, -0.25) is 9.69 Å². The van der Waals surface area contributed by atoms with Crippen LogP contribution in [-0.2, 0) is 4.79 Å². The molecule has 27 heavy (non-hydrogen) atoms. The summed E-state index contributed by atoms with van der Waals surface area (Å²) in [7, 11) is 0. The predicted octanol–water partition coefficient (Wildman–Crippen LogP) is 2.29. The lowest BCUT2D eigenvalue weighted by Gasteiger charge is -2.39. The van der Waals surface area contributed by atoms with Crippen LogP contribution >= 0.6 is 0 Å². The number of hydrogen-bond donors (Lipinski definition) is 1. The summed E-state index contributed by atoms with van der Waals surface area (Å²) in [6.07, 6.45) is 0. The van der Waals surface area contributed by atoms with Crippen molar-refractivity contribution in [1.82, 2.24) is 14.9 Å². The number of hydrogen-bond acceptors (Lipinski definition) is 5. The van der Waals surface area contributed by atoms with Gasteiger partial charge in [-0.1, -0.05) is 42.5 Å². The topological polar surface area (TPSA) is 75.3 Å². The maximum atomic E-state index is 12.1. The Morgan fingerprint density at radius 1 is 0.926 bits per heavy atom. The number of fused-ring (bicyclic) bond motifs is 1. The van der Waals surface area contributed by atoms with Crippen LogP contribution in [0.15, 0.2) is 54.6 Å². The quantitative estimate of drug-likeness (QED) is 0.772. The number of nitrogens with two attached hydrogens (primary N) is 1. The van der Waals surface area contributed by atoms with Gasteiger partial charge in [-0.2, -0.15) is 0 Å². The number of benzene rings is 2. The number of carbonyl (C=O) groups excluding carboxylic acids is 1. The minimum Gasteiger partial charge on any atom is -0.368 e. The molecule has 0 unspecified atom stereocenters. The summed E-state index contributed by atoms with van der Waals surface area (Å²) in [6, 6.07) is 17.3. The van der Waals surface area contributed by atoms with Crippen molar-refractivity contribution in [3.8, 4) is 0 Å². The zero-order chi connectivity index (χ0) is 18.8. The summed E-state index contributed by atoms with van der Waals surface area (Å²) in [5, 5.41) is 0. The fourth-order valence-electron chi connectivity index (χ4n) is 3.76. The van der Waals surface area contributed by atoms with Crippen molar-refractivity contribution in [2.24, 2.45) is 5.73 Å². The van der Waals surface area contributed by atoms with Crippen LogP contribution in [0.2, 0.25) is 0 Å². The summed E-state index contributed by atoms with van der Waals surface area (Å²) >= 11 is 0. The van der Waals surface area contributed by atoms with Gasteiger partial charge >= 0.3 is 0 Å². The van der Waals surface area contributed by atoms with Crippen LogP contribution in [0.1, 0.15) is 17.3 Å². The first-order chi connectivity index (χ1) is 13.1. The molecule has 2 aromatic carbocycles. The number of amides is 1. The number of primary amides is 1. The molecule has 2 heterocycles. The molecule has 2 N–H and O–H groups in total. The van der Waals surface area contributed by atoms with Gasteiger partial charge in [0.1, 0.15) is 6.04 Å². The SMILES string of the molecule is Cc1nc2ccccc2nc1N1CCN([C@@H](C(N)=O)c2ccccc2)CC1. The third-order valence-corrected chi connectivity index (χ3v) is 5.08. The maximum absolute atomic E-state index is 12.1. The summed E-state index contributed by atoms with van der Waals surface area (Å²) < 4.78 is 0. The standard InChI is InChI=1S/C21H23N5O/c1-15-21(24-18-10-6-5-9-17(18)23-15)26-13-11-25(12-14-26)19(20(22)27)16-7-3-2-4-8-16/h2-10,19H,11-14H2,1H3,(H2,22,27)/t19-/m1/s1. The lowest BCUT2D eigenvalue weighted by molar-refractivity contribution is -0.123. The van der Waals surface area contributed by atoms with Crippen LogP contribution in [0, 0.1) is 6.92 Å². The fraction of sp³-hybridized carbons (Fsp3) is 0.286. The van der Waals surface area contributed by atoms with Crippen molar-refractivity contribution in [2.75, 3.05) is 31.1 Å². The first-order valence-corrected chi connectivity index (χ1v) is 9.20. The molecule has 1 saturated heterocycles. The van der Waals surface area contributed by atoms with Crippen LogP contribution in [-0.4, -0.2) is 47.0 Å². The molecule has 1 aromatic heterocycles. The van der Waals surface area contributed by atoms with Crippen LogP contribution in [0.25, 0.3) is 11.0 Å². The van der Waals surface area contributed by atoms with Gasteiger partial charge in [0.25, 0.3) is 0 Å². The van der Waals surface area contributed by atoms with E-state index in [1.54, 1.807) is 0 Å². The van der Waals surface area contributed by atoms with Crippen molar-refractivity contribution < 1.29 is 4.79 Å². The largest absolute Gasteiger partial charge is 0.368 e. The second-order valence-electron chi connectivity index (χ2n) is 6.86. The Hall–Kier alpha value is -2.99. The Morgan fingerprint density at radius 3 is 2.15 bits per heavy atom. The number of carbonyl (C=O) groups is 1. The van der Waals surface area contributed by atoms with E-state index >= 15 is 0 Å². The molecule has 0 bridgehead atoms. The highest BCUT2D eigenvalue weighted by Crippen LogP contribution is 2.25. The monoisotopic (exact) mass is 361 g/mol. The smallest absolute Gasteiger partial charge is 0.239 e. The van der Waals surface area contributed by atoms with Crippen molar-refractivity contribution in [2.45, 2.75) is 13.0 Å². The Balaban J connectivity index is 1.53. The first kappa shape index (κ1) is 17.4. The lowest BCUT2D eigenvalue weighted by Crippen LogP contribution is -2.50. The molecule has 0 radical (unpaired) electrons. The average molecular weight is 361 g/mol. The zero-order valence-corrected chi connectivity index (χ0v) is 15.4. The van der Waals surface area contributed by atoms with Crippen LogP contribution in [0.4, 0.5) is 5.82 Å². The van der Waals surface area contributed by atoms with Crippen molar-refractivity contribution in [3.05, 3.63) is 65.9 Å². The number of para-hydroxylation sites is 2. The van der Waals surface area contributed by atoms with E-state index in [0.29, 0.717) is 0 Å². The minimum atomic E-state index is -0.392. The van der Waals surface area contributed by atoms with Gasteiger partial charge in [0, 0.05) is 26.2 Å². The second kappa shape index (κ2) is 7.32. The number of anilines is 1. The number of aromatic nitrogens is 2. The summed E-state index contributed by atoms with van der Waals surface area (Å²) in [5.41, 5.74) is 9.40. The normalized spacial score (nSPS) is 16.4. The molecule has 3 aromatic rings. The average Bonchev–Trinajstić information content (AvgIpc) is 2.69. The molecule has 1 amide bonds. The van der Waals surface area contributed by atoms with Gasteiger partial charge < -0.3 is 10.6 Å². The first-order valence-electron chi connectivity index (χ1n) is 9.20. The molecular formula is C21H23N5O. The molecule has 0 saturated carbocycles. The van der Waals surface area contributed by atoms with Gasteiger partial charge in [0.2, 0.25) is 5.91 Å². The van der Waals surface area contributed by atoms with E-state index in [-0.39, 0.29) is 5.91 Å². The molecule has 1 aliphatic rings. The molecule has 1 fully saturated rings. The Kier molecular flexibility index (Phi) is 4.73. The number of aryl methyl sites for hydroxylation is 1.